The lowest BCUT2D eigenvalue weighted by Crippen LogP contribution is -2.26. The minimum atomic E-state index is -1.03. The van der Waals surface area contributed by atoms with Crippen molar-refractivity contribution < 1.29 is 29.0 Å². The van der Waals surface area contributed by atoms with Crippen molar-refractivity contribution in [2.75, 3.05) is 12.8 Å². The molecule has 1 amide bonds. The Labute approximate surface area is 157 Å². The number of thioether (sulfide) groups is 1. The van der Waals surface area contributed by atoms with Crippen molar-refractivity contribution in [3.63, 3.8) is 0 Å². The standard InChI is InChI=1S/C14H18O3S.C4H7NO3/c1-10(17-14(2,3)4)11-8-6-7-9-12(11)16-13(15)18-5;1-3(6)5-2-4(7)8/h6-9H,1H2,2-5H3;2H2,1H3,(H,5,6)(H,7,8). The first-order chi connectivity index (χ1) is 12.0. The van der Waals surface area contributed by atoms with Gasteiger partial charge in [0.05, 0.1) is 5.56 Å². The molecule has 0 aromatic heterocycles. The third-order valence-corrected chi connectivity index (χ3v) is 2.88. The number of aliphatic carboxylic acids is 1. The smallest absolute Gasteiger partial charge is 0.372 e. The van der Waals surface area contributed by atoms with E-state index in [4.69, 9.17) is 14.6 Å². The van der Waals surface area contributed by atoms with Crippen LogP contribution in [0.2, 0.25) is 0 Å². The fraction of sp³-hybridized carbons (Fsp3) is 0.389. The molecule has 144 valence electrons. The number of nitrogens with one attached hydrogen (secondary N) is 1. The van der Waals surface area contributed by atoms with E-state index in [9.17, 15) is 14.4 Å². The fourth-order valence-corrected chi connectivity index (χ4v) is 1.72. The molecule has 0 atom stereocenters. The lowest BCUT2D eigenvalue weighted by Gasteiger charge is -2.23. The van der Waals surface area contributed by atoms with Crippen LogP contribution in [0.3, 0.4) is 0 Å². The maximum Gasteiger partial charge on any atom is 0.372 e. The molecule has 8 heteroatoms. The number of carbonyl (C=O) groups excluding carboxylic acids is 2. The Morgan fingerprint density at radius 3 is 2.23 bits per heavy atom. The summed E-state index contributed by atoms with van der Waals surface area (Å²) in [6.45, 7) is 10.7. The van der Waals surface area contributed by atoms with Crippen LogP contribution in [0.4, 0.5) is 4.79 Å². The van der Waals surface area contributed by atoms with Gasteiger partial charge in [-0.2, -0.15) is 0 Å². The van der Waals surface area contributed by atoms with Crippen molar-refractivity contribution in [1.82, 2.24) is 5.32 Å². The summed E-state index contributed by atoms with van der Waals surface area (Å²) in [6, 6.07) is 7.19. The minimum Gasteiger partial charge on any atom is -0.488 e. The van der Waals surface area contributed by atoms with Crippen LogP contribution in [0, 0.1) is 0 Å². The second-order valence-electron chi connectivity index (χ2n) is 5.99. The van der Waals surface area contributed by atoms with E-state index >= 15 is 0 Å². The molecule has 0 heterocycles. The maximum absolute atomic E-state index is 11.3. The highest BCUT2D eigenvalue weighted by atomic mass is 32.2. The third-order valence-electron chi connectivity index (χ3n) is 2.47. The third kappa shape index (κ3) is 11.1. The van der Waals surface area contributed by atoms with Gasteiger partial charge in [-0.1, -0.05) is 18.7 Å². The molecule has 0 spiro atoms. The highest BCUT2D eigenvalue weighted by Crippen LogP contribution is 2.29. The largest absolute Gasteiger partial charge is 0.488 e. The van der Waals surface area contributed by atoms with Gasteiger partial charge in [0.15, 0.2) is 0 Å². The Balaban J connectivity index is 0.000000660. The van der Waals surface area contributed by atoms with Gasteiger partial charge in [0.1, 0.15) is 23.7 Å². The Bertz CT molecular complexity index is 637. The van der Waals surface area contributed by atoms with Crippen LogP contribution in [0.5, 0.6) is 5.75 Å². The number of rotatable bonds is 5. The van der Waals surface area contributed by atoms with Crippen molar-refractivity contribution in [1.29, 1.82) is 0 Å². The van der Waals surface area contributed by atoms with Crippen LogP contribution < -0.4 is 10.1 Å². The van der Waals surface area contributed by atoms with Crippen LogP contribution in [0.25, 0.3) is 5.76 Å². The number of carbonyl (C=O) groups is 3. The van der Waals surface area contributed by atoms with Gasteiger partial charge in [-0.15, -0.1) is 0 Å². The van der Waals surface area contributed by atoms with Gasteiger partial charge in [-0.3, -0.25) is 9.59 Å². The molecule has 1 aromatic rings. The number of ether oxygens (including phenoxy) is 2. The second kappa shape index (κ2) is 11.2. The van der Waals surface area contributed by atoms with E-state index < -0.39 is 5.97 Å². The molecule has 1 aromatic carbocycles. The summed E-state index contributed by atoms with van der Waals surface area (Å²) >= 11 is 1.02. The summed E-state index contributed by atoms with van der Waals surface area (Å²) in [6.07, 6.45) is 1.67. The number of carboxylic acid groups (broad SMARTS) is 1. The van der Waals surface area contributed by atoms with E-state index in [-0.39, 0.29) is 23.4 Å². The highest BCUT2D eigenvalue weighted by molar-refractivity contribution is 8.12. The van der Waals surface area contributed by atoms with Crippen molar-refractivity contribution >= 4 is 34.7 Å². The first-order valence-corrected chi connectivity index (χ1v) is 8.88. The average molecular weight is 383 g/mol. The summed E-state index contributed by atoms with van der Waals surface area (Å²) in [4.78, 5) is 31.0. The predicted molar refractivity (Wildman–Crippen MR) is 102 cm³/mol. The molecule has 0 radical (unpaired) electrons. The van der Waals surface area contributed by atoms with E-state index in [1.807, 2.05) is 32.9 Å². The molecule has 0 fully saturated rings. The van der Waals surface area contributed by atoms with Crippen molar-refractivity contribution in [2.45, 2.75) is 33.3 Å². The highest BCUT2D eigenvalue weighted by Gasteiger charge is 2.17. The summed E-state index contributed by atoms with van der Waals surface area (Å²) in [5.41, 5.74) is 0.350. The van der Waals surface area contributed by atoms with Crippen LogP contribution in [-0.2, 0) is 14.3 Å². The summed E-state index contributed by atoms with van der Waals surface area (Å²) in [5.74, 6) is -0.397. The quantitative estimate of drug-likeness (QED) is 0.592. The van der Waals surface area contributed by atoms with Crippen molar-refractivity contribution in [2.24, 2.45) is 0 Å². The molecule has 0 aliphatic carbocycles. The van der Waals surface area contributed by atoms with Gasteiger partial charge >= 0.3 is 11.3 Å². The Hall–Kier alpha value is -2.48. The molecular weight excluding hydrogens is 358 g/mol. The topological polar surface area (TPSA) is 102 Å². The molecule has 0 bridgehead atoms. The predicted octanol–water partition coefficient (Wildman–Crippen LogP) is 3.54. The molecule has 0 saturated heterocycles. The van der Waals surface area contributed by atoms with Gasteiger partial charge in [0, 0.05) is 6.92 Å². The minimum absolute atomic E-state index is 0.296. The molecule has 0 saturated carbocycles. The number of hydrogen-bond donors (Lipinski definition) is 2. The first kappa shape index (κ1) is 23.5. The van der Waals surface area contributed by atoms with E-state index in [0.29, 0.717) is 17.1 Å². The number of benzene rings is 1. The van der Waals surface area contributed by atoms with Crippen LogP contribution in [0.15, 0.2) is 30.8 Å². The van der Waals surface area contributed by atoms with E-state index in [2.05, 4.69) is 11.9 Å². The molecule has 0 aliphatic heterocycles. The lowest BCUT2D eigenvalue weighted by molar-refractivity contribution is -0.137. The molecule has 1 rings (SSSR count). The molecule has 26 heavy (non-hydrogen) atoms. The zero-order valence-corrected chi connectivity index (χ0v) is 16.4. The summed E-state index contributed by atoms with van der Waals surface area (Å²) in [5, 5.41) is 9.70. The normalized spacial score (nSPS) is 10.0. The summed E-state index contributed by atoms with van der Waals surface area (Å²) in [7, 11) is 0. The number of para-hydroxylation sites is 1. The molecule has 0 aliphatic rings. The first-order valence-electron chi connectivity index (χ1n) is 7.65. The SMILES string of the molecule is C=C(OC(C)(C)C)c1ccccc1OC(=O)SC.CC(=O)NCC(=O)O. The van der Waals surface area contributed by atoms with Crippen LogP contribution in [0.1, 0.15) is 33.3 Å². The zero-order chi connectivity index (χ0) is 20.3. The molecule has 2 N–H and O–H groups in total. The Morgan fingerprint density at radius 1 is 1.23 bits per heavy atom. The molecular formula is C18H25NO6S. The number of amides is 1. The second-order valence-corrected chi connectivity index (χ2v) is 6.74. The molecule has 7 nitrogen and oxygen atoms in total. The van der Waals surface area contributed by atoms with Gasteiger partial charge in [-0.25, -0.2) is 4.79 Å². The van der Waals surface area contributed by atoms with Gasteiger partial charge in [-0.05, 0) is 50.9 Å². The maximum atomic E-state index is 11.3. The van der Waals surface area contributed by atoms with Gasteiger partial charge < -0.3 is 19.9 Å². The van der Waals surface area contributed by atoms with Crippen molar-refractivity contribution in [3.8, 4) is 5.75 Å². The average Bonchev–Trinajstić information content (AvgIpc) is 2.52. The Kier molecular flexibility index (Phi) is 10.1. The lowest BCUT2D eigenvalue weighted by atomic mass is 10.1. The van der Waals surface area contributed by atoms with Crippen LogP contribution >= 0.6 is 11.8 Å². The van der Waals surface area contributed by atoms with Crippen LogP contribution in [-0.4, -0.2) is 40.7 Å². The fourth-order valence-electron chi connectivity index (χ4n) is 1.54. The molecule has 0 unspecified atom stereocenters. The summed E-state index contributed by atoms with van der Waals surface area (Å²) < 4.78 is 10.9. The number of carboxylic acids is 1. The van der Waals surface area contributed by atoms with E-state index in [1.165, 1.54) is 6.92 Å². The van der Waals surface area contributed by atoms with Gasteiger partial charge in [0.25, 0.3) is 0 Å². The Morgan fingerprint density at radius 2 is 1.81 bits per heavy atom. The van der Waals surface area contributed by atoms with E-state index in [0.717, 1.165) is 11.8 Å². The van der Waals surface area contributed by atoms with Gasteiger partial charge in [0.2, 0.25) is 5.91 Å². The van der Waals surface area contributed by atoms with E-state index in [1.54, 1.807) is 18.4 Å². The van der Waals surface area contributed by atoms with Crippen molar-refractivity contribution in [3.05, 3.63) is 36.4 Å². The monoisotopic (exact) mass is 383 g/mol. The number of hydrogen-bond acceptors (Lipinski definition) is 6. The zero-order valence-electron chi connectivity index (χ0n) is 15.6.